The number of aromatic amines is 2. The number of fused-ring (bicyclic) bond motifs is 2. The van der Waals surface area contributed by atoms with Gasteiger partial charge in [0.1, 0.15) is 18.8 Å². The van der Waals surface area contributed by atoms with Crippen molar-refractivity contribution in [1.82, 2.24) is 25.1 Å². The lowest BCUT2D eigenvalue weighted by Gasteiger charge is -2.04. The standard InChI is InChI=1S/C16H13FN6O/c1-2-3-24-12-6-10-8(4-9(12)17)5-11(21-10)14-13-15(18)19-7-20-16(13)23-22-14/h2,4-7,21H,1,3H2,(H3,18,19,20,22,23). The summed E-state index contributed by atoms with van der Waals surface area (Å²) in [6.45, 7) is 3.78. The molecule has 4 aromatic rings. The molecule has 0 unspecified atom stereocenters. The van der Waals surface area contributed by atoms with E-state index in [9.17, 15) is 4.39 Å². The minimum absolute atomic E-state index is 0.160. The number of rotatable bonds is 4. The van der Waals surface area contributed by atoms with E-state index >= 15 is 0 Å². The van der Waals surface area contributed by atoms with Crippen LogP contribution in [0.25, 0.3) is 33.3 Å². The summed E-state index contributed by atoms with van der Waals surface area (Å²) in [6, 6.07) is 4.82. The second kappa shape index (κ2) is 5.34. The molecule has 8 heteroatoms. The number of halogens is 1. The minimum Gasteiger partial charge on any atom is -0.486 e. The summed E-state index contributed by atoms with van der Waals surface area (Å²) in [5.74, 6) is 0.0453. The Bertz CT molecular complexity index is 1070. The lowest BCUT2D eigenvalue weighted by atomic mass is 10.2. The lowest BCUT2D eigenvalue weighted by Crippen LogP contribution is -1.95. The third-order valence-electron chi connectivity index (χ3n) is 3.68. The number of hydrogen-bond donors (Lipinski definition) is 3. The van der Waals surface area contributed by atoms with Crippen LogP contribution in [0.3, 0.4) is 0 Å². The van der Waals surface area contributed by atoms with E-state index in [1.807, 2.05) is 0 Å². The van der Waals surface area contributed by atoms with Crippen LogP contribution in [0.15, 0.2) is 37.2 Å². The van der Waals surface area contributed by atoms with Crippen molar-refractivity contribution in [2.75, 3.05) is 12.3 Å². The third kappa shape index (κ3) is 2.16. The number of ether oxygens (including phenoxy) is 1. The van der Waals surface area contributed by atoms with Crippen LogP contribution in [-0.4, -0.2) is 31.8 Å². The monoisotopic (exact) mass is 324 g/mol. The van der Waals surface area contributed by atoms with Crippen molar-refractivity contribution in [3.8, 4) is 17.1 Å². The van der Waals surface area contributed by atoms with Gasteiger partial charge in [-0.3, -0.25) is 5.10 Å². The molecule has 120 valence electrons. The Hall–Kier alpha value is -3.42. The second-order valence-electron chi connectivity index (χ2n) is 5.21. The maximum Gasteiger partial charge on any atom is 0.186 e. The third-order valence-corrected chi connectivity index (χ3v) is 3.68. The van der Waals surface area contributed by atoms with Crippen LogP contribution in [-0.2, 0) is 0 Å². The van der Waals surface area contributed by atoms with Crippen molar-refractivity contribution in [3.63, 3.8) is 0 Å². The highest BCUT2D eigenvalue weighted by atomic mass is 19.1. The Kier molecular flexibility index (Phi) is 3.16. The fourth-order valence-electron chi connectivity index (χ4n) is 2.60. The van der Waals surface area contributed by atoms with Gasteiger partial charge < -0.3 is 15.5 Å². The first-order valence-electron chi connectivity index (χ1n) is 7.18. The Morgan fingerprint density at radius 2 is 2.17 bits per heavy atom. The molecule has 0 aliphatic carbocycles. The summed E-state index contributed by atoms with van der Waals surface area (Å²) >= 11 is 0. The summed E-state index contributed by atoms with van der Waals surface area (Å²) in [5, 5.41) is 8.33. The maximum atomic E-state index is 14.1. The summed E-state index contributed by atoms with van der Waals surface area (Å²) < 4.78 is 19.4. The van der Waals surface area contributed by atoms with Gasteiger partial charge >= 0.3 is 0 Å². The molecule has 0 aliphatic rings. The molecule has 4 rings (SSSR count). The van der Waals surface area contributed by atoms with Gasteiger partial charge in [0.25, 0.3) is 0 Å². The van der Waals surface area contributed by atoms with E-state index in [2.05, 4.69) is 31.7 Å². The van der Waals surface area contributed by atoms with Crippen molar-refractivity contribution in [1.29, 1.82) is 0 Å². The summed E-state index contributed by atoms with van der Waals surface area (Å²) in [5.41, 5.74) is 8.47. The van der Waals surface area contributed by atoms with Crippen molar-refractivity contribution in [2.45, 2.75) is 0 Å². The molecule has 24 heavy (non-hydrogen) atoms. The predicted molar refractivity (Wildman–Crippen MR) is 89.0 cm³/mol. The average molecular weight is 324 g/mol. The molecule has 1 aromatic carbocycles. The van der Waals surface area contributed by atoms with Crippen molar-refractivity contribution < 1.29 is 9.13 Å². The number of aromatic nitrogens is 5. The Morgan fingerprint density at radius 1 is 1.29 bits per heavy atom. The van der Waals surface area contributed by atoms with Gasteiger partial charge in [-0.15, -0.1) is 0 Å². The van der Waals surface area contributed by atoms with E-state index in [1.54, 1.807) is 18.2 Å². The summed E-state index contributed by atoms with van der Waals surface area (Å²) in [4.78, 5) is 11.3. The number of nitrogen functional groups attached to an aromatic ring is 1. The number of nitrogens with zero attached hydrogens (tertiary/aromatic N) is 3. The lowest BCUT2D eigenvalue weighted by molar-refractivity contribution is 0.342. The molecule has 0 atom stereocenters. The quantitative estimate of drug-likeness (QED) is 0.501. The van der Waals surface area contributed by atoms with Gasteiger partial charge in [0.05, 0.1) is 16.8 Å². The predicted octanol–water partition coefficient (Wildman–Crippen LogP) is 2.79. The van der Waals surface area contributed by atoms with Gasteiger partial charge in [0, 0.05) is 17.0 Å². The zero-order valence-electron chi connectivity index (χ0n) is 12.5. The van der Waals surface area contributed by atoms with Crippen LogP contribution < -0.4 is 10.5 Å². The van der Waals surface area contributed by atoms with Crippen molar-refractivity contribution in [3.05, 3.63) is 43.0 Å². The minimum atomic E-state index is -0.438. The molecule has 3 heterocycles. The molecule has 0 radical (unpaired) electrons. The van der Waals surface area contributed by atoms with Crippen molar-refractivity contribution >= 4 is 27.8 Å². The van der Waals surface area contributed by atoms with E-state index in [-0.39, 0.29) is 12.4 Å². The molecule has 0 saturated heterocycles. The van der Waals surface area contributed by atoms with E-state index in [0.717, 1.165) is 5.52 Å². The van der Waals surface area contributed by atoms with Crippen molar-refractivity contribution in [2.24, 2.45) is 0 Å². The first-order chi connectivity index (χ1) is 11.7. The smallest absolute Gasteiger partial charge is 0.186 e. The average Bonchev–Trinajstić information content (AvgIpc) is 3.16. The number of benzene rings is 1. The Morgan fingerprint density at radius 3 is 3.00 bits per heavy atom. The van der Waals surface area contributed by atoms with Gasteiger partial charge in [0.15, 0.2) is 17.2 Å². The van der Waals surface area contributed by atoms with Crippen LogP contribution in [0.2, 0.25) is 0 Å². The number of H-pyrrole nitrogens is 2. The first-order valence-corrected chi connectivity index (χ1v) is 7.18. The number of hydrogen-bond acceptors (Lipinski definition) is 5. The Balaban J connectivity index is 1.86. The fourth-order valence-corrected chi connectivity index (χ4v) is 2.60. The molecular formula is C16H13FN6O. The highest BCUT2D eigenvalue weighted by Gasteiger charge is 2.15. The molecule has 7 nitrogen and oxygen atoms in total. The molecule has 3 aromatic heterocycles. The molecule has 0 saturated carbocycles. The summed E-state index contributed by atoms with van der Waals surface area (Å²) in [6.07, 6.45) is 2.91. The first kappa shape index (κ1) is 14.2. The van der Waals surface area contributed by atoms with E-state index < -0.39 is 5.82 Å². The topological polar surface area (TPSA) is 106 Å². The highest BCUT2D eigenvalue weighted by molar-refractivity contribution is 5.99. The Labute approximate surface area is 135 Å². The molecular weight excluding hydrogens is 311 g/mol. The zero-order chi connectivity index (χ0) is 16.7. The van der Waals surface area contributed by atoms with Gasteiger partial charge in [-0.25, -0.2) is 14.4 Å². The zero-order valence-corrected chi connectivity index (χ0v) is 12.5. The molecule has 0 bridgehead atoms. The van der Waals surface area contributed by atoms with Crippen LogP contribution >= 0.6 is 0 Å². The van der Waals surface area contributed by atoms with Crippen LogP contribution in [0.1, 0.15) is 0 Å². The number of nitrogens with one attached hydrogen (secondary N) is 2. The van der Waals surface area contributed by atoms with Gasteiger partial charge in [0.2, 0.25) is 0 Å². The molecule has 0 spiro atoms. The largest absolute Gasteiger partial charge is 0.486 e. The fraction of sp³-hybridized carbons (Fsp3) is 0.0625. The SMILES string of the molecule is C=CCOc1cc2[nH]c(-c3[nH]nc4ncnc(N)c34)cc2cc1F. The van der Waals surface area contributed by atoms with Crippen LogP contribution in [0.5, 0.6) is 5.75 Å². The van der Waals surface area contributed by atoms with Gasteiger partial charge in [-0.1, -0.05) is 12.7 Å². The maximum absolute atomic E-state index is 14.1. The van der Waals surface area contributed by atoms with Gasteiger partial charge in [-0.2, -0.15) is 5.10 Å². The normalized spacial score (nSPS) is 11.2. The second-order valence-corrected chi connectivity index (χ2v) is 5.21. The van der Waals surface area contributed by atoms with Gasteiger partial charge in [-0.05, 0) is 12.1 Å². The van der Waals surface area contributed by atoms with Crippen LogP contribution in [0.4, 0.5) is 10.2 Å². The number of nitrogens with two attached hydrogens (primary N) is 1. The van der Waals surface area contributed by atoms with E-state index in [0.29, 0.717) is 33.6 Å². The molecule has 0 aliphatic heterocycles. The highest BCUT2D eigenvalue weighted by Crippen LogP contribution is 2.32. The molecule has 4 N–H and O–H groups in total. The summed E-state index contributed by atoms with van der Waals surface area (Å²) in [7, 11) is 0. The number of anilines is 1. The molecule has 0 fully saturated rings. The van der Waals surface area contributed by atoms with Crippen LogP contribution in [0, 0.1) is 5.82 Å². The van der Waals surface area contributed by atoms with E-state index in [1.165, 1.54) is 12.4 Å². The van der Waals surface area contributed by atoms with E-state index in [4.69, 9.17) is 10.5 Å². The molecule has 0 amide bonds.